The topological polar surface area (TPSA) is 31.0 Å². The van der Waals surface area contributed by atoms with E-state index in [1.165, 1.54) is 31.5 Å². The summed E-state index contributed by atoms with van der Waals surface area (Å²) in [4.78, 5) is 5.62. The van der Waals surface area contributed by atoms with Crippen LogP contribution in [0.25, 0.3) is 83.1 Å². The quantitative estimate of drug-likeness (QED) is 0.113. The van der Waals surface area contributed by atoms with Crippen LogP contribution in [0.2, 0.25) is 0 Å². The molecule has 0 aliphatic carbocycles. The molecule has 0 radical (unpaired) electrons. The van der Waals surface area contributed by atoms with E-state index in [-0.39, 0.29) is 0 Å². The number of nitrogens with zero attached hydrogens (tertiary/aromatic N) is 2. The van der Waals surface area contributed by atoms with Gasteiger partial charge < -0.3 is 4.42 Å². The van der Waals surface area contributed by atoms with Crippen molar-refractivity contribution in [1.29, 1.82) is 0 Å². The second kappa shape index (κ2) is 15.1. The Kier molecular flexibility index (Phi) is 8.84. The molecule has 0 fully saturated rings. The first kappa shape index (κ1) is 36.8. The zero-order valence-electron chi connectivity index (χ0n) is 34.4. The van der Waals surface area contributed by atoms with Gasteiger partial charge in [-0.1, -0.05) is 194 Å². The summed E-state index contributed by atoms with van der Waals surface area (Å²) >= 11 is 0. The molecule has 0 aliphatic heterocycles. The van der Waals surface area contributed by atoms with Gasteiger partial charge in [0.15, 0.2) is 8.07 Å². The van der Waals surface area contributed by atoms with Crippen molar-refractivity contribution in [2.24, 2.45) is 0 Å². The Labute approximate surface area is 366 Å². The van der Waals surface area contributed by atoms with Crippen molar-refractivity contribution in [3.8, 4) is 39.3 Å². The molecule has 0 spiro atoms. The number of aromatic nitrogens is 2. The molecule has 0 aliphatic rings. The van der Waals surface area contributed by atoms with E-state index < -0.39 is 8.07 Å². The number of fused-ring (bicyclic) bond motifs is 6. The average molecular weight is 821 g/mol. The Balaban J connectivity index is 1.06. The molecule has 0 unspecified atom stereocenters. The van der Waals surface area contributed by atoms with Crippen LogP contribution in [0, 0.1) is 0 Å². The van der Waals surface area contributed by atoms with Gasteiger partial charge in [0.2, 0.25) is 0 Å². The van der Waals surface area contributed by atoms with Gasteiger partial charge in [0.1, 0.15) is 17.0 Å². The van der Waals surface area contributed by atoms with Crippen molar-refractivity contribution < 1.29 is 4.42 Å². The molecule has 4 heteroatoms. The van der Waals surface area contributed by atoms with Crippen LogP contribution in [-0.2, 0) is 0 Å². The first-order chi connectivity index (χ1) is 31.2. The van der Waals surface area contributed by atoms with E-state index >= 15 is 0 Å². The Hall–Kier alpha value is -8.05. The van der Waals surface area contributed by atoms with Crippen LogP contribution in [0.5, 0.6) is 0 Å². The average Bonchev–Trinajstić information content (AvgIpc) is 3.91. The highest BCUT2D eigenvalue weighted by atomic mass is 28.3. The Bertz CT molecular complexity index is 3520. The summed E-state index contributed by atoms with van der Waals surface area (Å²) in [5, 5.41) is 9.95. The minimum absolute atomic E-state index is 0.875. The maximum Gasteiger partial charge on any atom is 0.179 e. The molecular weight excluding hydrogens is 781 g/mol. The molecule has 296 valence electrons. The molecule has 3 heterocycles. The summed E-state index contributed by atoms with van der Waals surface area (Å²) in [6.45, 7) is 0. The number of benzene rings is 9. The molecule has 12 aromatic rings. The molecule has 0 N–H and O–H groups in total. The van der Waals surface area contributed by atoms with E-state index in [1.54, 1.807) is 0 Å². The molecule has 3 nitrogen and oxygen atoms in total. The molecule has 0 amide bonds. The van der Waals surface area contributed by atoms with Crippen LogP contribution in [0.4, 0.5) is 0 Å². The van der Waals surface area contributed by atoms with Crippen molar-refractivity contribution >= 4 is 72.6 Å². The number of pyridine rings is 1. The maximum atomic E-state index is 6.18. The lowest BCUT2D eigenvalue weighted by Crippen LogP contribution is -2.74. The normalized spacial score (nSPS) is 11.8. The highest BCUT2D eigenvalue weighted by Gasteiger charge is 2.41. The van der Waals surface area contributed by atoms with E-state index in [1.807, 2.05) is 12.1 Å². The molecule has 63 heavy (non-hydrogen) atoms. The van der Waals surface area contributed by atoms with Crippen molar-refractivity contribution in [3.05, 3.63) is 243 Å². The van der Waals surface area contributed by atoms with Crippen LogP contribution in [0.3, 0.4) is 0 Å². The van der Waals surface area contributed by atoms with Gasteiger partial charge in [-0.2, -0.15) is 0 Å². The summed E-state index contributed by atoms with van der Waals surface area (Å²) in [5.74, 6) is 0.875. The van der Waals surface area contributed by atoms with E-state index in [0.29, 0.717) is 0 Å². The summed E-state index contributed by atoms with van der Waals surface area (Å²) in [6, 6.07) is 88.1. The number of para-hydroxylation sites is 2. The lowest BCUT2D eigenvalue weighted by Gasteiger charge is -2.34. The highest BCUT2D eigenvalue weighted by Crippen LogP contribution is 2.38. The summed E-state index contributed by atoms with van der Waals surface area (Å²) in [5.41, 5.74) is 10.6. The van der Waals surface area contributed by atoms with Gasteiger partial charge in [-0.3, -0.25) is 4.57 Å². The van der Waals surface area contributed by atoms with Gasteiger partial charge >= 0.3 is 0 Å². The van der Waals surface area contributed by atoms with E-state index in [0.717, 1.165) is 72.3 Å². The van der Waals surface area contributed by atoms with E-state index in [4.69, 9.17) is 9.40 Å². The predicted octanol–water partition coefficient (Wildman–Crippen LogP) is 12.5. The van der Waals surface area contributed by atoms with Crippen LogP contribution < -0.4 is 20.7 Å². The lowest BCUT2D eigenvalue weighted by atomic mass is 10.0. The standard InChI is InChI=1S/C59H40N2OSi/c1-5-18-41(19-6-1)45-39-54(44-20-17-27-49(36-44)63(46-21-7-2-8-22-46,47-23-9-3-10-24-47)48-25-11-4-12-26-48)60-59(40-45)61-55-30-15-13-28-50(55)52-37-42(32-34-56(52)61)43-33-35-58-53(38-43)51-29-14-16-31-57(51)62-58/h1-40H. The molecule has 12 rings (SSSR count). The van der Waals surface area contributed by atoms with Gasteiger partial charge in [0.05, 0.1) is 16.7 Å². The Morgan fingerprint density at radius 3 is 1.54 bits per heavy atom. The summed E-state index contributed by atoms with van der Waals surface area (Å²) < 4.78 is 8.53. The Morgan fingerprint density at radius 1 is 0.317 bits per heavy atom. The van der Waals surface area contributed by atoms with Crippen molar-refractivity contribution in [2.75, 3.05) is 0 Å². The molecule has 0 atom stereocenters. The fourth-order valence-corrected chi connectivity index (χ4v) is 14.7. The molecule has 9 aromatic carbocycles. The maximum absolute atomic E-state index is 6.18. The van der Waals surface area contributed by atoms with Crippen LogP contribution >= 0.6 is 0 Å². The van der Waals surface area contributed by atoms with Gasteiger partial charge in [0.25, 0.3) is 0 Å². The van der Waals surface area contributed by atoms with Gasteiger partial charge in [-0.15, -0.1) is 0 Å². The van der Waals surface area contributed by atoms with Crippen molar-refractivity contribution in [3.63, 3.8) is 0 Å². The van der Waals surface area contributed by atoms with Gasteiger partial charge in [-0.25, -0.2) is 4.98 Å². The number of rotatable bonds is 8. The second-order valence-electron chi connectivity index (χ2n) is 16.3. The molecular formula is C59H40N2OSi. The third-order valence-corrected chi connectivity index (χ3v) is 17.5. The third kappa shape index (κ3) is 6.14. The summed E-state index contributed by atoms with van der Waals surface area (Å²) in [6.07, 6.45) is 0. The number of furan rings is 1. The summed E-state index contributed by atoms with van der Waals surface area (Å²) in [7, 11) is -2.78. The smallest absolute Gasteiger partial charge is 0.179 e. The Morgan fingerprint density at radius 2 is 0.841 bits per heavy atom. The van der Waals surface area contributed by atoms with E-state index in [2.05, 4.69) is 235 Å². The van der Waals surface area contributed by atoms with Crippen molar-refractivity contribution in [1.82, 2.24) is 9.55 Å². The number of hydrogen-bond donors (Lipinski definition) is 0. The molecule has 0 bridgehead atoms. The highest BCUT2D eigenvalue weighted by molar-refractivity contribution is 7.19. The zero-order valence-corrected chi connectivity index (χ0v) is 35.4. The predicted molar refractivity (Wildman–Crippen MR) is 266 cm³/mol. The van der Waals surface area contributed by atoms with Crippen molar-refractivity contribution in [2.45, 2.75) is 0 Å². The fraction of sp³-hybridized carbons (Fsp3) is 0. The minimum Gasteiger partial charge on any atom is -0.456 e. The van der Waals surface area contributed by atoms with Gasteiger partial charge in [-0.05, 0) is 91.5 Å². The van der Waals surface area contributed by atoms with Gasteiger partial charge in [0, 0.05) is 27.1 Å². The van der Waals surface area contributed by atoms with Crippen LogP contribution in [-0.4, -0.2) is 17.6 Å². The fourth-order valence-electron chi connectivity index (χ4n) is 9.86. The monoisotopic (exact) mass is 820 g/mol. The molecule has 0 saturated carbocycles. The minimum atomic E-state index is -2.78. The molecule has 0 saturated heterocycles. The lowest BCUT2D eigenvalue weighted by molar-refractivity contribution is 0.669. The first-order valence-electron chi connectivity index (χ1n) is 21.5. The zero-order chi connectivity index (χ0) is 41.7. The van der Waals surface area contributed by atoms with E-state index in [9.17, 15) is 0 Å². The molecule has 3 aromatic heterocycles. The van der Waals surface area contributed by atoms with Crippen LogP contribution in [0.1, 0.15) is 0 Å². The second-order valence-corrected chi connectivity index (χ2v) is 20.1. The largest absolute Gasteiger partial charge is 0.456 e. The number of hydrogen-bond acceptors (Lipinski definition) is 2. The SMILES string of the molecule is c1ccc(-c2cc(-c3cccc([Si](c4ccccc4)(c4ccccc4)c4ccccc4)c3)nc(-n3c4ccccc4c4cc(-c5ccc6oc7ccccc7c6c5)ccc43)c2)cc1. The van der Waals surface area contributed by atoms with Crippen LogP contribution in [0.15, 0.2) is 247 Å². The third-order valence-electron chi connectivity index (χ3n) is 12.7. The first-order valence-corrected chi connectivity index (χ1v) is 23.5.